The van der Waals surface area contributed by atoms with Crippen LogP contribution in [0.2, 0.25) is 5.02 Å². The number of Topliss-reactive ketones (excluding diaryl/α,β-unsaturated/α-hetero) is 1. The van der Waals surface area contributed by atoms with Gasteiger partial charge in [0.15, 0.2) is 0 Å². The summed E-state index contributed by atoms with van der Waals surface area (Å²) in [7, 11) is 0. The molecule has 4 nitrogen and oxygen atoms in total. The maximum absolute atomic E-state index is 13.3. The van der Waals surface area contributed by atoms with Crippen molar-refractivity contribution in [3.8, 4) is 0 Å². The molecule has 0 spiro atoms. The zero-order valence-corrected chi connectivity index (χ0v) is 20.1. The normalized spacial score (nSPS) is 21.8. The van der Waals surface area contributed by atoms with Gasteiger partial charge >= 0.3 is 0 Å². The number of ketones is 1. The first-order chi connectivity index (χ1) is 15.7. The van der Waals surface area contributed by atoms with Crippen molar-refractivity contribution < 1.29 is 9.90 Å². The van der Waals surface area contributed by atoms with Gasteiger partial charge in [-0.3, -0.25) is 9.79 Å². The number of hydrogen-bond acceptors (Lipinski definition) is 4. The molecule has 0 aromatic heterocycles. The maximum atomic E-state index is 13.3. The van der Waals surface area contributed by atoms with Gasteiger partial charge in [-0.1, -0.05) is 57.5 Å². The monoisotopic (exact) mass is 458 g/mol. The molecule has 0 atom stereocenters. The lowest BCUT2D eigenvalue weighted by atomic mass is 9.79. The Morgan fingerprint density at radius 3 is 2.67 bits per heavy atom. The molecule has 5 heteroatoms. The summed E-state index contributed by atoms with van der Waals surface area (Å²) in [4.78, 5) is 19.9. The Morgan fingerprint density at radius 1 is 1.18 bits per heavy atom. The molecule has 1 aliphatic carbocycles. The van der Waals surface area contributed by atoms with Crippen LogP contribution in [0.4, 0.5) is 11.4 Å². The minimum atomic E-state index is -0.279. The lowest BCUT2D eigenvalue weighted by Crippen LogP contribution is -2.30. The second kappa shape index (κ2) is 7.74. The van der Waals surface area contributed by atoms with Crippen LogP contribution in [0.5, 0.6) is 0 Å². The van der Waals surface area contributed by atoms with Crippen molar-refractivity contribution in [3.63, 3.8) is 0 Å². The molecule has 0 bridgehead atoms. The zero-order chi connectivity index (χ0) is 23.5. The highest BCUT2D eigenvalue weighted by Crippen LogP contribution is 2.49. The molecule has 2 aromatic carbocycles. The number of fused-ring (bicyclic) bond motifs is 2. The highest BCUT2D eigenvalue weighted by Gasteiger charge is 2.43. The van der Waals surface area contributed by atoms with Crippen molar-refractivity contribution in [2.45, 2.75) is 39.5 Å². The Bertz CT molecular complexity index is 1310. The molecule has 0 saturated carbocycles. The van der Waals surface area contributed by atoms with Gasteiger partial charge in [0.05, 0.1) is 16.8 Å². The van der Waals surface area contributed by atoms with Gasteiger partial charge in [-0.25, -0.2) is 0 Å². The Kier molecular flexibility index (Phi) is 5.09. The molecule has 5 rings (SSSR count). The highest BCUT2D eigenvalue weighted by atomic mass is 35.5. The van der Waals surface area contributed by atoms with Crippen LogP contribution in [0, 0.1) is 5.92 Å². The third-order valence-corrected chi connectivity index (χ3v) is 7.06. The van der Waals surface area contributed by atoms with Crippen molar-refractivity contribution >= 4 is 40.5 Å². The zero-order valence-electron chi connectivity index (χ0n) is 19.3. The molecule has 2 aliphatic heterocycles. The molecule has 0 amide bonds. The van der Waals surface area contributed by atoms with Crippen molar-refractivity contribution in [3.05, 3.63) is 87.3 Å². The number of aliphatic imine (C=N–C) groups is 1. The number of benzene rings is 2. The highest BCUT2D eigenvalue weighted by molar-refractivity contribution is 6.34. The second-order valence-corrected chi connectivity index (χ2v) is 10.2. The SMILES string of the molecule is CC(C)CCN1/C(=C\C2=C(O)C(=C3/C=Nc4ccc(Cl)cc43)/C2=O)C(C)(C)c2ccccc21. The minimum absolute atomic E-state index is 0.0253. The van der Waals surface area contributed by atoms with E-state index in [1.807, 2.05) is 12.1 Å². The van der Waals surface area contributed by atoms with Crippen LogP contribution in [0.25, 0.3) is 5.57 Å². The van der Waals surface area contributed by atoms with E-state index in [2.05, 4.69) is 61.9 Å². The maximum Gasteiger partial charge on any atom is 0.201 e. The second-order valence-electron chi connectivity index (χ2n) is 9.81. The van der Waals surface area contributed by atoms with Gasteiger partial charge < -0.3 is 10.0 Å². The van der Waals surface area contributed by atoms with E-state index in [0.717, 1.165) is 29.9 Å². The number of halogens is 1. The van der Waals surface area contributed by atoms with E-state index in [1.54, 1.807) is 18.3 Å². The minimum Gasteiger partial charge on any atom is -0.506 e. The lowest BCUT2D eigenvalue weighted by molar-refractivity contribution is -0.113. The summed E-state index contributed by atoms with van der Waals surface area (Å²) in [6.07, 6.45) is 4.55. The van der Waals surface area contributed by atoms with Crippen molar-refractivity contribution in [1.82, 2.24) is 0 Å². The third kappa shape index (κ3) is 3.36. The average Bonchev–Trinajstić information content (AvgIpc) is 3.27. The summed E-state index contributed by atoms with van der Waals surface area (Å²) in [6.45, 7) is 9.64. The molecule has 1 N–H and O–H groups in total. The van der Waals surface area contributed by atoms with Gasteiger partial charge in [0.1, 0.15) is 5.76 Å². The Hall–Kier alpha value is -3.11. The van der Waals surface area contributed by atoms with Gasteiger partial charge in [-0.15, -0.1) is 0 Å². The van der Waals surface area contributed by atoms with E-state index in [9.17, 15) is 9.90 Å². The van der Waals surface area contributed by atoms with E-state index in [4.69, 9.17) is 11.6 Å². The quantitative estimate of drug-likeness (QED) is 0.505. The van der Waals surface area contributed by atoms with Crippen LogP contribution in [0.15, 0.2) is 76.1 Å². The lowest BCUT2D eigenvalue weighted by Gasteiger charge is -2.30. The largest absolute Gasteiger partial charge is 0.506 e. The van der Waals surface area contributed by atoms with Crippen LogP contribution in [-0.4, -0.2) is 23.6 Å². The van der Waals surface area contributed by atoms with E-state index < -0.39 is 0 Å². The molecule has 0 unspecified atom stereocenters. The summed E-state index contributed by atoms with van der Waals surface area (Å²) in [5.41, 5.74) is 5.98. The Labute approximate surface area is 199 Å². The van der Waals surface area contributed by atoms with Crippen molar-refractivity contribution in [2.75, 3.05) is 11.4 Å². The number of hydrogen-bond donors (Lipinski definition) is 1. The molecule has 2 aromatic rings. The van der Waals surface area contributed by atoms with Gasteiger partial charge in [-0.2, -0.15) is 0 Å². The number of anilines is 1. The molecular weight excluding hydrogens is 432 g/mol. The van der Waals surface area contributed by atoms with Gasteiger partial charge in [0, 0.05) is 45.7 Å². The summed E-state index contributed by atoms with van der Waals surface area (Å²) in [6, 6.07) is 13.8. The van der Waals surface area contributed by atoms with Crippen molar-refractivity contribution in [1.29, 1.82) is 0 Å². The van der Waals surface area contributed by atoms with Crippen molar-refractivity contribution in [2.24, 2.45) is 10.9 Å². The van der Waals surface area contributed by atoms with E-state index in [0.29, 0.717) is 27.7 Å². The fourth-order valence-electron chi connectivity index (χ4n) is 4.91. The predicted molar refractivity (Wildman–Crippen MR) is 136 cm³/mol. The standard InChI is InChI=1S/C28H27ClN2O2/c1-16(2)11-12-31-23-8-6-5-7-21(23)28(3,4)24(31)14-19-26(32)25(27(19)33)20-15-30-22-10-9-17(29)13-18(20)22/h5-10,13-16,32H,11-12H2,1-4H3/b24-14-,25-20+. The van der Waals surface area contributed by atoms with Gasteiger partial charge in [0.25, 0.3) is 0 Å². The number of allylic oxidation sites excluding steroid dienone is 5. The number of nitrogens with zero attached hydrogens (tertiary/aromatic N) is 2. The smallest absolute Gasteiger partial charge is 0.201 e. The molecule has 0 fully saturated rings. The fraction of sp³-hybridized carbons (Fsp3) is 0.286. The number of para-hydroxylation sites is 1. The third-order valence-electron chi connectivity index (χ3n) is 6.82. The van der Waals surface area contributed by atoms with Gasteiger partial charge in [-0.05, 0) is 48.2 Å². The predicted octanol–water partition coefficient (Wildman–Crippen LogP) is 6.93. The summed E-state index contributed by atoms with van der Waals surface area (Å²) < 4.78 is 0. The number of aliphatic hydroxyl groups is 1. The number of carbonyl (C=O) groups excluding carboxylic acids is 1. The molecular formula is C28H27ClN2O2. The number of rotatable bonds is 4. The van der Waals surface area contributed by atoms with Crippen LogP contribution in [-0.2, 0) is 10.2 Å². The molecule has 3 aliphatic rings. The molecule has 0 saturated heterocycles. The first-order valence-electron chi connectivity index (χ1n) is 11.4. The van der Waals surface area contributed by atoms with E-state index >= 15 is 0 Å². The number of aliphatic hydroxyl groups excluding tert-OH is 1. The van der Waals surface area contributed by atoms with Crippen LogP contribution in [0.3, 0.4) is 0 Å². The molecule has 2 heterocycles. The first-order valence-corrected chi connectivity index (χ1v) is 11.7. The molecule has 168 valence electrons. The topological polar surface area (TPSA) is 52.9 Å². The Balaban J connectivity index is 1.59. The van der Waals surface area contributed by atoms with E-state index in [-0.39, 0.29) is 17.0 Å². The summed E-state index contributed by atoms with van der Waals surface area (Å²) in [5, 5.41) is 11.6. The first kappa shape index (κ1) is 21.7. The summed E-state index contributed by atoms with van der Waals surface area (Å²) in [5.74, 6) is 0.423. The van der Waals surface area contributed by atoms with Crippen LogP contribution < -0.4 is 4.90 Å². The molecule has 33 heavy (non-hydrogen) atoms. The Morgan fingerprint density at radius 2 is 1.94 bits per heavy atom. The van der Waals surface area contributed by atoms with E-state index in [1.165, 1.54) is 11.3 Å². The fourth-order valence-corrected chi connectivity index (χ4v) is 5.08. The van der Waals surface area contributed by atoms with Gasteiger partial charge in [0.2, 0.25) is 5.78 Å². The number of carbonyl (C=O) groups is 1. The molecule has 0 radical (unpaired) electrons. The van der Waals surface area contributed by atoms with Crippen LogP contribution in [0.1, 0.15) is 45.2 Å². The average molecular weight is 459 g/mol. The van der Waals surface area contributed by atoms with Crippen LogP contribution >= 0.6 is 11.6 Å². The summed E-state index contributed by atoms with van der Waals surface area (Å²) >= 11 is 6.16.